The summed E-state index contributed by atoms with van der Waals surface area (Å²) in [6.45, 7) is 1.87. The normalized spacial score (nSPS) is 31.6. The lowest BCUT2D eigenvalue weighted by molar-refractivity contribution is -0.117. The molecule has 3 atom stereocenters. The first-order chi connectivity index (χ1) is 9.61. The van der Waals surface area contributed by atoms with Crippen LogP contribution in [0.15, 0.2) is 18.2 Å². The Kier molecular flexibility index (Phi) is 4.00. The lowest BCUT2D eigenvalue weighted by atomic mass is 9.80. The molecule has 0 bridgehead atoms. The van der Waals surface area contributed by atoms with Gasteiger partial charge in [-0.3, -0.25) is 0 Å². The maximum atomic E-state index is 13.5. The highest BCUT2D eigenvalue weighted by atomic mass is 35.5. The zero-order valence-electron chi connectivity index (χ0n) is 11.1. The van der Waals surface area contributed by atoms with Crippen LogP contribution >= 0.6 is 11.6 Å². The van der Waals surface area contributed by atoms with Crippen molar-refractivity contribution in [2.45, 2.75) is 31.0 Å². The quantitative estimate of drug-likeness (QED) is 0.912. The lowest BCUT2D eigenvalue weighted by Crippen LogP contribution is -2.41. The van der Waals surface area contributed by atoms with E-state index in [9.17, 15) is 9.50 Å². The maximum absolute atomic E-state index is 13.5. The van der Waals surface area contributed by atoms with Crippen LogP contribution in [0.1, 0.15) is 30.9 Å². The smallest absolute Gasteiger partial charge is 0.142 e. The van der Waals surface area contributed by atoms with Gasteiger partial charge in [0.05, 0.1) is 23.3 Å². The Hall–Kier alpha value is -0.680. The topological polar surface area (TPSA) is 38.7 Å². The molecule has 2 aliphatic rings. The molecule has 3 nitrogen and oxygen atoms in total. The molecule has 0 aliphatic carbocycles. The van der Waals surface area contributed by atoms with Gasteiger partial charge in [0.2, 0.25) is 0 Å². The summed E-state index contributed by atoms with van der Waals surface area (Å²) in [7, 11) is 0. The van der Waals surface area contributed by atoms with E-state index in [1.807, 2.05) is 0 Å². The van der Waals surface area contributed by atoms with Crippen LogP contribution in [-0.4, -0.2) is 30.5 Å². The second-order valence-corrected chi connectivity index (χ2v) is 6.05. The molecule has 3 unspecified atom stereocenters. The number of aliphatic hydroxyl groups excluding tert-OH is 1. The molecule has 1 aromatic carbocycles. The van der Waals surface area contributed by atoms with Crippen LogP contribution in [0.4, 0.5) is 4.39 Å². The number of hydrogen-bond acceptors (Lipinski definition) is 3. The van der Waals surface area contributed by atoms with E-state index in [4.69, 9.17) is 21.1 Å². The van der Waals surface area contributed by atoms with Crippen molar-refractivity contribution in [3.63, 3.8) is 0 Å². The maximum Gasteiger partial charge on any atom is 0.142 e. The Bertz CT molecular complexity index is 488. The number of benzene rings is 1. The number of ether oxygens (including phenoxy) is 2. The Morgan fingerprint density at radius 2 is 2.25 bits per heavy atom. The number of hydrogen-bond donors (Lipinski definition) is 1. The Balaban J connectivity index is 1.79. The first kappa shape index (κ1) is 14.3. The standard InChI is InChI=1S/C15H18ClFO3/c16-13-11(2-1-3-12(13)17)14(18)10-4-6-20-15(8-10)5-7-19-9-15/h1-3,10,14,18H,4-9H2. The predicted molar refractivity (Wildman–Crippen MR) is 73.2 cm³/mol. The largest absolute Gasteiger partial charge is 0.388 e. The van der Waals surface area contributed by atoms with E-state index in [0.717, 1.165) is 19.3 Å². The van der Waals surface area contributed by atoms with Gasteiger partial charge < -0.3 is 14.6 Å². The van der Waals surface area contributed by atoms with Gasteiger partial charge in [0, 0.05) is 25.2 Å². The zero-order chi connectivity index (χ0) is 14.2. The van der Waals surface area contributed by atoms with Crippen LogP contribution in [0.25, 0.3) is 0 Å². The van der Waals surface area contributed by atoms with Crippen molar-refractivity contribution in [1.82, 2.24) is 0 Å². The zero-order valence-corrected chi connectivity index (χ0v) is 11.9. The molecule has 2 saturated heterocycles. The molecule has 2 heterocycles. The van der Waals surface area contributed by atoms with Crippen LogP contribution < -0.4 is 0 Å². The molecule has 1 aromatic rings. The van der Waals surface area contributed by atoms with Crippen LogP contribution in [0.2, 0.25) is 5.02 Å². The summed E-state index contributed by atoms with van der Waals surface area (Å²) in [6.07, 6.45) is 1.56. The molecule has 5 heteroatoms. The molecule has 1 N–H and O–H groups in total. The third kappa shape index (κ3) is 2.58. The van der Waals surface area contributed by atoms with Gasteiger partial charge in [-0.15, -0.1) is 0 Å². The average molecular weight is 301 g/mol. The van der Waals surface area contributed by atoms with Gasteiger partial charge in [0.15, 0.2) is 0 Å². The number of aliphatic hydroxyl groups is 1. The minimum atomic E-state index is -0.764. The number of halogens is 2. The SMILES string of the molecule is OC(c1cccc(F)c1Cl)C1CCOC2(CCOC2)C1. The molecule has 20 heavy (non-hydrogen) atoms. The highest BCUT2D eigenvalue weighted by Gasteiger charge is 2.43. The van der Waals surface area contributed by atoms with E-state index >= 15 is 0 Å². The molecule has 2 aliphatic heterocycles. The van der Waals surface area contributed by atoms with Gasteiger partial charge in [-0.05, 0) is 24.8 Å². The fourth-order valence-electron chi connectivity index (χ4n) is 3.20. The van der Waals surface area contributed by atoms with Crippen LogP contribution in [-0.2, 0) is 9.47 Å². The van der Waals surface area contributed by atoms with E-state index in [2.05, 4.69) is 0 Å². The van der Waals surface area contributed by atoms with Crippen molar-refractivity contribution in [3.8, 4) is 0 Å². The average Bonchev–Trinajstić information content (AvgIpc) is 2.89. The van der Waals surface area contributed by atoms with Crippen LogP contribution in [0.3, 0.4) is 0 Å². The molecule has 2 fully saturated rings. The Labute approximate surface area is 122 Å². The molecular formula is C15H18ClFO3. The summed E-state index contributed by atoms with van der Waals surface area (Å²) in [5.41, 5.74) is 0.191. The lowest BCUT2D eigenvalue weighted by Gasteiger charge is -2.39. The summed E-state index contributed by atoms with van der Waals surface area (Å²) in [5.74, 6) is -0.473. The van der Waals surface area contributed by atoms with Crippen molar-refractivity contribution < 1.29 is 19.0 Å². The second-order valence-electron chi connectivity index (χ2n) is 5.67. The third-order valence-electron chi connectivity index (χ3n) is 4.34. The van der Waals surface area contributed by atoms with Crippen LogP contribution in [0, 0.1) is 11.7 Å². The van der Waals surface area contributed by atoms with Gasteiger partial charge in [0.1, 0.15) is 5.82 Å². The molecule has 0 saturated carbocycles. The summed E-state index contributed by atoms with van der Waals surface area (Å²) >= 11 is 5.97. The van der Waals surface area contributed by atoms with E-state index in [1.54, 1.807) is 12.1 Å². The van der Waals surface area contributed by atoms with Gasteiger partial charge in [-0.1, -0.05) is 23.7 Å². The first-order valence-electron chi connectivity index (χ1n) is 6.95. The highest BCUT2D eigenvalue weighted by Crippen LogP contribution is 2.42. The fraction of sp³-hybridized carbons (Fsp3) is 0.600. The van der Waals surface area contributed by atoms with E-state index in [1.165, 1.54) is 6.07 Å². The van der Waals surface area contributed by atoms with Crippen LogP contribution in [0.5, 0.6) is 0 Å². The van der Waals surface area contributed by atoms with Crippen molar-refractivity contribution >= 4 is 11.6 Å². The molecular weight excluding hydrogens is 283 g/mol. The van der Waals surface area contributed by atoms with Gasteiger partial charge in [-0.25, -0.2) is 4.39 Å². The van der Waals surface area contributed by atoms with Crippen molar-refractivity contribution in [1.29, 1.82) is 0 Å². The molecule has 0 radical (unpaired) electrons. The molecule has 0 amide bonds. The molecule has 1 spiro atoms. The summed E-state index contributed by atoms with van der Waals surface area (Å²) in [4.78, 5) is 0. The van der Waals surface area contributed by atoms with E-state index in [-0.39, 0.29) is 16.5 Å². The van der Waals surface area contributed by atoms with Gasteiger partial charge in [-0.2, -0.15) is 0 Å². The van der Waals surface area contributed by atoms with Gasteiger partial charge >= 0.3 is 0 Å². The van der Waals surface area contributed by atoms with Crippen molar-refractivity contribution in [2.75, 3.05) is 19.8 Å². The van der Waals surface area contributed by atoms with Crippen molar-refractivity contribution in [3.05, 3.63) is 34.6 Å². The summed E-state index contributed by atoms with van der Waals surface area (Å²) in [5, 5.41) is 10.6. The Morgan fingerprint density at radius 3 is 3.00 bits per heavy atom. The predicted octanol–water partition coefficient (Wildman–Crippen LogP) is 3.10. The summed E-state index contributed by atoms with van der Waals surface area (Å²) < 4.78 is 24.8. The first-order valence-corrected chi connectivity index (χ1v) is 7.33. The number of rotatable bonds is 2. The highest BCUT2D eigenvalue weighted by molar-refractivity contribution is 6.31. The fourth-order valence-corrected chi connectivity index (χ4v) is 3.44. The third-order valence-corrected chi connectivity index (χ3v) is 4.74. The molecule has 0 aromatic heterocycles. The Morgan fingerprint density at radius 1 is 1.40 bits per heavy atom. The minimum Gasteiger partial charge on any atom is -0.388 e. The van der Waals surface area contributed by atoms with Gasteiger partial charge in [0.25, 0.3) is 0 Å². The molecule has 110 valence electrons. The minimum absolute atomic E-state index is 0.0169. The summed E-state index contributed by atoms with van der Waals surface area (Å²) in [6, 6.07) is 4.56. The monoisotopic (exact) mass is 300 g/mol. The van der Waals surface area contributed by atoms with Crippen molar-refractivity contribution in [2.24, 2.45) is 5.92 Å². The van der Waals surface area contributed by atoms with E-state index < -0.39 is 11.9 Å². The second kappa shape index (κ2) is 5.60. The molecule has 3 rings (SSSR count). The van der Waals surface area contributed by atoms with E-state index in [0.29, 0.717) is 25.4 Å².